The number of phenolic OH excluding ortho intramolecular Hbond substituents is 1. The van der Waals surface area contributed by atoms with Gasteiger partial charge in [-0.3, -0.25) is 24.2 Å². The number of nitrogens with zero attached hydrogens (tertiary/aromatic N) is 2. The second-order valence-corrected chi connectivity index (χ2v) is 11.5. The number of halogens is 1. The fourth-order valence-electron chi connectivity index (χ4n) is 7.28. The number of Topliss-reactive ketones (excluding diaryl/α,β-unsaturated/α-hetero) is 2. The first-order valence-electron chi connectivity index (χ1n) is 13.4. The molecule has 216 valence electrons. The molecule has 0 saturated heterocycles. The van der Waals surface area contributed by atoms with Crippen molar-refractivity contribution in [3.8, 4) is 5.75 Å². The molecular formula is C28H35FN4O7. The topological polar surface area (TPSA) is 177 Å². The van der Waals surface area contributed by atoms with Crippen LogP contribution in [0.1, 0.15) is 48.9 Å². The number of fused-ring (bicyclic) bond motifs is 4. The van der Waals surface area contributed by atoms with E-state index < -0.39 is 69.6 Å². The molecule has 1 aromatic carbocycles. The quantitative estimate of drug-likeness (QED) is 0.228. The Morgan fingerprint density at radius 1 is 1.20 bits per heavy atom. The minimum Gasteiger partial charge on any atom is -0.508 e. The number of aromatic hydroxyl groups is 1. The molecular weight excluding hydrogens is 523 g/mol. The van der Waals surface area contributed by atoms with Crippen LogP contribution in [-0.2, 0) is 20.8 Å². The Morgan fingerprint density at radius 2 is 1.88 bits per heavy atom. The predicted octanol–water partition coefficient (Wildman–Crippen LogP) is 1.30. The average molecular weight is 559 g/mol. The lowest BCUT2D eigenvalue weighted by Gasteiger charge is -2.50. The van der Waals surface area contributed by atoms with Crippen LogP contribution in [0.5, 0.6) is 5.75 Å². The lowest BCUT2D eigenvalue weighted by molar-refractivity contribution is -0.153. The van der Waals surface area contributed by atoms with Gasteiger partial charge >= 0.3 is 0 Å². The van der Waals surface area contributed by atoms with Crippen LogP contribution in [0, 0.1) is 17.7 Å². The Hall–Kier alpha value is -3.48. The lowest BCUT2D eigenvalue weighted by Crippen LogP contribution is -2.65. The van der Waals surface area contributed by atoms with Crippen molar-refractivity contribution in [3.05, 3.63) is 39.4 Å². The summed E-state index contributed by atoms with van der Waals surface area (Å²) in [4.78, 5) is 42.7. The molecule has 12 heteroatoms. The zero-order chi connectivity index (χ0) is 29.4. The molecule has 7 N–H and O–H groups in total. The van der Waals surface area contributed by atoms with Crippen LogP contribution in [0.4, 0.5) is 10.1 Å². The van der Waals surface area contributed by atoms with Crippen molar-refractivity contribution < 1.29 is 39.2 Å². The fraction of sp³-hybridized carbons (Fsp3) is 0.536. The Kier molecular flexibility index (Phi) is 6.71. The number of anilines is 1. The van der Waals surface area contributed by atoms with E-state index in [0.29, 0.717) is 25.1 Å². The highest BCUT2D eigenvalue weighted by Crippen LogP contribution is 2.55. The SMILES string of the molecule is CCCN(C)C1CCNc2c(O)c3c(c(F)c21)C[C@H]1C[C@H]2[C@H](N(C)C)C(=O)C(C(N)=O)=C(O)[C@@]2(O)C(=O)C1=C3O. The highest BCUT2D eigenvalue weighted by molar-refractivity contribution is 6.24. The van der Waals surface area contributed by atoms with E-state index in [1.807, 2.05) is 18.9 Å². The molecule has 0 aromatic heterocycles. The van der Waals surface area contributed by atoms with Gasteiger partial charge in [-0.05, 0) is 59.3 Å². The zero-order valence-corrected chi connectivity index (χ0v) is 22.9. The molecule has 0 radical (unpaired) electrons. The molecule has 1 saturated carbocycles. The van der Waals surface area contributed by atoms with Gasteiger partial charge < -0.3 is 31.5 Å². The summed E-state index contributed by atoms with van der Waals surface area (Å²) < 4.78 is 16.4. The fourth-order valence-corrected chi connectivity index (χ4v) is 7.28. The summed E-state index contributed by atoms with van der Waals surface area (Å²) in [5.41, 5.74) is 1.64. The molecule has 40 heavy (non-hydrogen) atoms. The smallest absolute Gasteiger partial charge is 0.255 e. The van der Waals surface area contributed by atoms with Crippen molar-refractivity contribution in [1.82, 2.24) is 9.80 Å². The predicted molar refractivity (Wildman–Crippen MR) is 143 cm³/mol. The number of carbonyl (C=O) groups is 3. The Balaban J connectivity index is 1.72. The molecule has 5 atom stereocenters. The first-order valence-corrected chi connectivity index (χ1v) is 13.4. The van der Waals surface area contributed by atoms with E-state index >= 15 is 4.39 Å². The van der Waals surface area contributed by atoms with Crippen LogP contribution in [0.25, 0.3) is 5.76 Å². The molecule has 1 heterocycles. The molecule has 0 bridgehead atoms. The summed E-state index contributed by atoms with van der Waals surface area (Å²) >= 11 is 0. The Bertz CT molecular complexity index is 1400. The number of likely N-dealkylation sites (N-methyl/N-ethyl adjacent to an activating group) is 1. The summed E-state index contributed by atoms with van der Waals surface area (Å²) in [6.07, 6.45) is 1.26. The minimum atomic E-state index is -2.74. The molecule has 1 amide bonds. The van der Waals surface area contributed by atoms with Gasteiger partial charge in [0.1, 0.15) is 28.7 Å². The number of aliphatic hydroxyl groups is 3. The van der Waals surface area contributed by atoms with Crippen molar-refractivity contribution >= 4 is 28.9 Å². The molecule has 0 spiro atoms. The van der Waals surface area contributed by atoms with Gasteiger partial charge in [-0.2, -0.15) is 0 Å². The van der Waals surface area contributed by atoms with Gasteiger partial charge in [0, 0.05) is 35.2 Å². The highest BCUT2D eigenvalue weighted by atomic mass is 19.1. The summed E-state index contributed by atoms with van der Waals surface area (Å²) in [6, 6.07) is -1.52. The number of primary amides is 1. The third-order valence-corrected chi connectivity index (χ3v) is 9.02. The van der Waals surface area contributed by atoms with Gasteiger partial charge in [0.05, 0.1) is 17.3 Å². The molecule has 11 nitrogen and oxygen atoms in total. The Morgan fingerprint density at radius 3 is 2.48 bits per heavy atom. The number of carbonyl (C=O) groups excluding carboxylic acids is 3. The molecule has 1 aromatic rings. The van der Waals surface area contributed by atoms with Gasteiger partial charge in [0.15, 0.2) is 11.4 Å². The molecule has 4 aliphatic rings. The number of nitrogens with two attached hydrogens (primary N) is 1. The first-order chi connectivity index (χ1) is 18.8. The maximum absolute atomic E-state index is 16.4. The monoisotopic (exact) mass is 558 g/mol. The third kappa shape index (κ3) is 3.62. The molecule has 1 unspecified atom stereocenters. The summed E-state index contributed by atoms with van der Waals surface area (Å²) in [5.74, 6) is -8.19. The maximum Gasteiger partial charge on any atom is 0.255 e. The second kappa shape index (κ2) is 9.57. The van der Waals surface area contributed by atoms with Crippen LogP contribution in [0.15, 0.2) is 16.9 Å². The van der Waals surface area contributed by atoms with Crippen molar-refractivity contribution in [2.24, 2.45) is 17.6 Å². The van der Waals surface area contributed by atoms with Gasteiger partial charge in [0.2, 0.25) is 5.78 Å². The average Bonchev–Trinajstić information content (AvgIpc) is 2.88. The number of rotatable bonds is 5. The Labute approximate surface area is 230 Å². The number of benzene rings is 1. The second-order valence-electron chi connectivity index (χ2n) is 11.5. The number of aliphatic hydroxyl groups excluding tert-OH is 2. The molecule has 3 aliphatic carbocycles. The van der Waals surface area contributed by atoms with Crippen molar-refractivity contribution in [3.63, 3.8) is 0 Å². The number of phenols is 1. The number of nitrogens with one attached hydrogen (secondary N) is 1. The van der Waals surface area contributed by atoms with Crippen molar-refractivity contribution in [2.75, 3.05) is 39.5 Å². The number of hydrogen-bond donors (Lipinski definition) is 6. The van der Waals surface area contributed by atoms with E-state index in [4.69, 9.17) is 5.73 Å². The third-order valence-electron chi connectivity index (χ3n) is 9.02. The van der Waals surface area contributed by atoms with Crippen LogP contribution < -0.4 is 11.1 Å². The van der Waals surface area contributed by atoms with E-state index in [1.165, 1.54) is 19.0 Å². The summed E-state index contributed by atoms with van der Waals surface area (Å²) in [5, 5.41) is 48.4. The van der Waals surface area contributed by atoms with E-state index in [1.54, 1.807) is 0 Å². The zero-order valence-electron chi connectivity index (χ0n) is 22.9. The first kappa shape index (κ1) is 28.1. The molecule has 5 rings (SSSR count). The van der Waals surface area contributed by atoms with Crippen LogP contribution >= 0.6 is 0 Å². The largest absolute Gasteiger partial charge is 0.508 e. The number of amides is 1. The van der Waals surface area contributed by atoms with E-state index in [2.05, 4.69) is 5.32 Å². The van der Waals surface area contributed by atoms with Gasteiger partial charge in [-0.1, -0.05) is 6.92 Å². The van der Waals surface area contributed by atoms with E-state index in [9.17, 15) is 34.8 Å². The normalized spacial score (nSPS) is 29.7. The van der Waals surface area contributed by atoms with Gasteiger partial charge in [0.25, 0.3) is 5.91 Å². The van der Waals surface area contributed by atoms with Gasteiger partial charge in [-0.15, -0.1) is 0 Å². The number of hydrogen-bond acceptors (Lipinski definition) is 10. The lowest BCUT2D eigenvalue weighted by atomic mass is 9.57. The van der Waals surface area contributed by atoms with Crippen LogP contribution in [-0.4, -0.2) is 93.6 Å². The summed E-state index contributed by atoms with van der Waals surface area (Å²) in [7, 11) is 4.94. The van der Waals surface area contributed by atoms with Gasteiger partial charge in [-0.25, -0.2) is 4.39 Å². The molecule has 1 fully saturated rings. The standard InChI is InChI=1S/C28H35FN4O7/c1-5-8-33(4)14-6-7-31-20-17(14)19(29)12-9-11-10-13-21(32(2)3)24(36)18(27(30)39)26(38)28(13,40)25(37)15(11)22(34)16(12)23(20)35/h11,13-14,21,31,34-35,38,40H,5-10H2,1-4H3,(H2,30,39)/t11-,13-,14?,21-,28-/m0/s1. The molecule has 1 aliphatic heterocycles. The van der Waals surface area contributed by atoms with Crippen LogP contribution in [0.3, 0.4) is 0 Å². The van der Waals surface area contributed by atoms with Crippen molar-refractivity contribution in [2.45, 2.75) is 50.3 Å². The highest BCUT2D eigenvalue weighted by Gasteiger charge is 2.64. The summed E-state index contributed by atoms with van der Waals surface area (Å²) in [6.45, 7) is 3.17. The van der Waals surface area contributed by atoms with E-state index in [-0.39, 0.29) is 41.3 Å². The minimum absolute atomic E-state index is 0.0421. The van der Waals surface area contributed by atoms with Crippen molar-refractivity contribution in [1.29, 1.82) is 0 Å². The maximum atomic E-state index is 16.4. The van der Waals surface area contributed by atoms with Crippen LogP contribution in [0.2, 0.25) is 0 Å². The number of ketones is 2. The van der Waals surface area contributed by atoms with E-state index in [0.717, 1.165) is 6.42 Å².